The van der Waals surface area contributed by atoms with Crippen LogP contribution < -0.4 is 18.9 Å². The Morgan fingerprint density at radius 1 is 0.952 bits per heavy atom. The van der Waals surface area contributed by atoms with Gasteiger partial charge in [-0.3, -0.25) is 0 Å². The zero-order valence-corrected chi connectivity index (χ0v) is 11.9. The second-order valence-electron chi connectivity index (χ2n) is 3.95. The minimum Gasteiger partial charge on any atom is -0.493 e. The number of pyridine rings is 1. The minimum atomic E-state index is 0.278. The van der Waals surface area contributed by atoms with Crippen molar-refractivity contribution in [3.63, 3.8) is 0 Å². The molecule has 0 aliphatic rings. The number of methoxy groups -OCH3 is 3. The van der Waals surface area contributed by atoms with Crippen LogP contribution in [0.1, 0.15) is 5.69 Å². The van der Waals surface area contributed by atoms with Crippen LogP contribution in [0, 0.1) is 11.3 Å². The van der Waals surface area contributed by atoms with Gasteiger partial charge in [-0.05, 0) is 6.07 Å². The maximum Gasteiger partial charge on any atom is 0.203 e. The van der Waals surface area contributed by atoms with Crippen molar-refractivity contribution < 1.29 is 18.9 Å². The third kappa shape index (κ3) is 3.15. The molecule has 0 atom stereocenters. The second-order valence-corrected chi connectivity index (χ2v) is 3.95. The maximum absolute atomic E-state index is 8.84. The maximum atomic E-state index is 8.84. The van der Waals surface area contributed by atoms with Crippen LogP contribution in [0.5, 0.6) is 28.7 Å². The Morgan fingerprint density at radius 3 is 2.14 bits per heavy atom. The minimum absolute atomic E-state index is 0.278. The zero-order valence-electron chi connectivity index (χ0n) is 11.9. The third-order valence-electron chi connectivity index (χ3n) is 2.72. The van der Waals surface area contributed by atoms with Crippen LogP contribution >= 0.6 is 0 Å². The van der Waals surface area contributed by atoms with E-state index in [0.29, 0.717) is 28.7 Å². The Hall–Kier alpha value is -2.94. The molecule has 6 heteroatoms. The molecular weight excluding hydrogens is 272 g/mol. The molecule has 1 aromatic carbocycles. The molecule has 0 spiro atoms. The van der Waals surface area contributed by atoms with Gasteiger partial charge in [-0.25, -0.2) is 4.98 Å². The fourth-order valence-electron chi connectivity index (χ4n) is 1.79. The van der Waals surface area contributed by atoms with E-state index >= 15 is 0 Å². The predicted molar refractivity (Wildman–Crippen MR) is 75.1 cm³/mol. The molecule has 1 aromatic heterocycles. The molecule has 1 heterocycles. The second kappa shape index (κ2) is 6.48. The molecule has 0 N–H and O–H groups in total. The number of nitriles is 1. The Morgan fingerprint density at radius 2 is 1.62 bits per heavy atom. The average molecular weight is 286 g/mol. The molecule has 2 aromatic rings. The van der Waals surface area contributed by atoms with Crippen molar-refractivity contribution in [3.05, 3.63) is 36.2 Å². The molecular formula is C15H14N2O4. The van der Waals surface area contributed by atoms with Gasteiger partial charge in [0, 0.05) is 24.4 Å². The van der Waals surface area contributed by atoms with Crippen LogP contribution in [-0.4, -0.2) is 26.3 Å². The number of rotatable bonds is 5. The summed E-state index contributed by atoms with van der Waals surface area (Å²) in [4.78, 5) is 3.88. The number of nitrogens with zero attached hydrogens (tertiary/aromatic N) is 2. The van der Waals surface area contributed by atoms with E-state index in [1.807, 2.05) is 6.07 Å². The normalized spacial score (nSPS) is 9.62. The van der Waals surface area contributed by atoms with Crippen molar-refractivity contribution in [1.29, 1.82) is 5.26 Å². The van der Waals surface area contributed by atoms with Gasteiger partial charge in [0.25, 0.3) is 0 Å². The van der Waals surface area contributed by atoms with Gasteiger partial charge in [0.2, 0.25) is 5.75 Å². The highest BCUT2D eigenvalue weighted by molar-refractivity contribution is 5.56. The van der Waals surface area contributed by atoms with Gasteiger partial charge in [0.05, 0.1) is 21.3 Å². The van der Waals surface area contributed by atoms with Gasteiger partial charge in [0.15, 0.2) is 11.5 Å². The summed E-state index contributed by atoms with van der Waals surface area (Å²) < 4.78 is 21.4. The first-order valence-corrected chi connectivity index (χ1v) is 6.05. The van der Waals surface area contributed by atoms with Crippen molar-refractivity contribution in [2.75, 3.05) is 21.3 Å². The summed E-state index contributed by atoms with van der Waals surface area (Å²) >= 11 is 0. The van der Waals surface area contributed by atoms with E-state index in [2.05, 4.69) is 4.98 Å². The van der Waals surface area contributed by atoms with Crippen molar-refractivity contribution >= 4 is 0 Å². The molecule has 0 aliphatic carbocycles. The Bertz CT molecular complexity index is 655. The molecule has 0 amide bonds. The number of ether oxygens (including phenoxy) is 4. The summed E-state index contributed by atoms with van der Waals surface area (Å²) in [7, 11) is 4.59. The molecule has 6 nitrogen and oxygen atoms in total. The molecule has 0 radical (unpaired) electrons. The Kier molecular flexibility index (Phi) is 4.46. The van der Waals surface area contributed by atoms with Gasteiger partial charge < -0.3 is 18.9 Å². The van der Waals surface area contributed by atoms with Crippen molar-refractivity contribution in [2.24, 2.45) is 0 Å². The van der Waals surface area contributed by atoms with E-state index in [9.17, 15) is 0 Å². The van der Waals surface area contributed by atoms with E-state index in [-0.39, 0.29) is 5.69 Å². The van der Waals surface area contributed by atoms with Crippen LogP contribution in [0.2, 0.25) is 0 Å². The summed E-state index contributed by atoms with van der Waals surface area (Å²) in [5, 5.41) is 8.84. The van der Waals surface area contributed by atoms with Crippen LogP contribution in [0.4, 0.5) is 0 Å². The molecule has 108 valence electrons. The lowest BCUT2D eigenvalue weighted by Gasteiger charge is -2.14. The summed E-state index contributed by atoms with van der Waals surface area (Å²) in [6.07, 6.45) is 1.51. The lowest BCUT2D eigenvalue weighted by Crippen LogP contribution is -1.96. The monoisotopic (exact) mass is 286 g/mol. The highest BCUT2D eigenvalue weighted by Crippen LogP contribution is 2.41. The smallest absolute Gasteiger partial charge is 0.203 e. The number of hydrogen-bond acceptors (Lipinski definition) is 6. The van der Waals surface area contributed by atoms with Crippen molar-refractivity contribution in [2.45, 2.75) is 0 Å². The molecule has 2 rings (SSSR count). The fourth-order valence-corrected chi connectivity index (χ4v) is 1.79. The summed E-state index contributed by atoms with van der Waals surface area (Å²) in [5.41, 5.74) is 0.278. The van der Waals surface area contributed by atoms with Gasteiger partial charge in [-0.15, -0.1) is 0 Å². The van der Waals surface area contributed by atoms with Gasteiger partial charge in [0.1, 0.15) is 23.3 Å². The van der Waals surface area contributed by atoms with Crippen LogP contribution in [0.25, 0.3) is 0 Å². The molecule has 0 aliphatic heterocycles. The van der Waals surface area contributed by atoms with E-state index in [1.165, 1.54) is 27.5 Å². The summed E-state index contributed by atoms with van der Waals surface area (Å²) in [6, 6.07) is 8.51. The quantitative estimate of drug-likeness (QED) is 0.841. The average Bonchev–Trinajstić information content (AvgIpc) is 2.53. The first-order valence-electron chi connectivity index (χ1n) is 6.05. The largest absolute Gasteiger partial charge is 0.493 e. The molecule has 0 saturated heterocycles. The number of hydrogen-bond donors (Lipinski definition) is 0. The first-order chi connectivity index (χ1) is 10.2. The molecule has 0 saturated carbocycles. The lowest BCUT2D eigenvalue weighted by molar-refractivity contribution is 0.321. The Balaban J connectivity index is 2.38. The van der Waals surface area contributed by atoms with E-state index in [1.54, 1.807) is 24.3 Å². The van der Waals surface area contributed by atoms with Crippen LogP contribution in [-0.2, 0) is 0 Å². The SMILES string of the molecule is COc1cc(Oc2ccnc(C#N)c2)cc(OC)c1OC. The van der Waals surface area contributed by atoms with Gasteiger partial charge in [-0.1, -0.05) is 0 Å². The van der Waals surface area contributed by atoms with E-state index in [0.717, 1.165) is 0 Å². The molecule has 0 fully saturated rings. The highest BCUT2D eigenvalue weighted by Gasteiger charge is 2.14. The third-order valence-corrected chi connectivity index (χ3v) is 2.72. The van der Waals surface area contributed by atoms with E-state index < -0.39 is 0 Å². The summed E-state index contributed by atoms with van der Waals surface area (Å²) in [5.74, 6) is 2.46. The van der Waals surface area contributed by atoms with Crippen molar-refractivity contribution in [1.82, 2.24) is 4.98 Å². The standard InChI is InChI=1S/C15H14N2O4/c1-18-13-7-12(8-14(19-2)15(13)20-3)21-11-4-5-17-10(6-11)9-16/h4-8H,1-3H3. The molecule has 0 unspecified atom stereocenters. The van der Waals surface area contributed by atoms with Crippen LogP contribution in [0.3, 0.4) is 0 Å². The van der Waals surface area contributed by atoms with Crippen LogP contribution in [0.15, 0.2) is 30.5 Å². The van der Waals surface area contributed by atoms with Gasteiger partial charge in [-0.2, -0.15) is 5.26 Å². The number of aromatic nitrogens is 1. The van der Waals surface area contributed by atoms with Crippen molar-refractivity contribution in [3.8, 4) is 34.8 Å². The topological polar surface area (TPSA) is 73.6 Å². The predicted octanol–water partition coefficient (Wildman–Crippen LogP) is 2.77. The lowest BCUT2D eigenvalue weighted by atomic mass is 10.2. The first kappa shape index (κ1) is 14.5. The van der Waals surface area contributed by atoms with Gasteiger partial charge >= 0.3 is 0 Å². The summed E-state index contributed by atoms with van der Waals surface area (Å²) in [6.45, 7) is 0. The number of benzene rings is 1. The zero-order chi connectivity index (χ0) is 15.2. The van der Waals surface area contributed by atoms with E-state index in [4.69, 9.17) is 24.2 Å². The molecule has 21 heavy (non-hydrogen) atoms. The fraction of sp³-hybridized carbons (Fsp3) is 0.200. The highest BCUT2D eigenvalue weighted by atomic mass is 16.5. The Labute approximate surface area is 122 Å². The molecule has 0 bridgehead atoms.